The summed E-state index contributed by atoms with van der Waals surface area (Å²) in [7, 11) is 1.66. The first-order valence-electron chi connectivity index (χ1n) is 7.79. The smallest absolute Gasteiger partial charge is 0.231 e. The predicted octanol–water partition coefficient (Wildman–Crippen LogP) is 0.717. The van der Waals surface area contributed by atoms with Gasteiger partial charge >= 0.3 is 0 Å². The fourth-order valence-electron chi connectivity index (χ4n) is 3.23. The molecule has 2 aliphatic heterocycles. The highest BCUT2D eigenvalue weighted by Gasteiger charge is 2.37. The van der Waals surface area contributed by atoms with Crippen molar-refractivity contribution in [2.24, 2.45) is 0 Å². The van der Waals surface area contributed by atoms with Gasteiger partial charge in [-0.05, 0) is 17.7 Å². The number of rotatable bonds is 4. The monoisotopic (exact) mass is 330 g/mol. The number of aromatic nitrogens is 3. The van der Waals surface area contributed by atoms with E-state index in [2.05, 4.69) is 15.4 Å². The Hall–Kier alpha value is -2.61. The van der Waals surface area contributed by atoms with Crippen LogP contribution in [0.25, 0.3) is 0 Å². The van der Waals surface area contributed by atoms with E-state index in [1.54, 1.807) is 13.3 Å². The molecule has 1 aromatic heterocycles. The third kappa shape index (κ3) is 2.69. The minimum Gasteiger partial charge on any atom is -0.454 e. The normalized spacial score (nSPS) is 22.1. The number of hydrogen-bond donors (Lipinski definition) is 1. The summed E-state index contributed by atoms with van der Waals surface area (Å²) in [6, 6.07) is 5.59. The quantitative estimate of drug-likeness (QED) is 0.888. The van der Waals surface area contributed by atoms with Crippen molar-refractivity contribution in [3.63, 3.8) is 0 Å². The number of hydrogen-bond acceptors (Lipinski definition) is 6. The molecule has 0 aliphatic carbocycles. The first-order valence-corrected chi connectivity index (χ1v) is 7.79. The Balaban J connectivity index is 1.45. The third-order valence-corrected chi connectivity index (χ3v) is 4.53. The van der Waals surface area contributed by atoms with Crippen LogP contribution in [0.1, 0.15) is 17.2 Å². The van der Waals surface area contributed by atoms with E-state index < -0.39 is 0 Å². The van der Waals surface area contributed by atoms with Gasteiger partial charge < -0.3 is 19.1 Å². The van der Waals surface area contributed by atoms with E-state index in [0.717, 1.165) is 17.0 Å². The predicted molar refractivity (Wildman–Crippen MR) is 82.8 cm³/mol. The van der Waals surface area contributed by atoms with Crippen molar-refractivity contribution in [1.82, 2.24) is 20.3 Å². The van der Waals surface area contributed by atoms with Crippen LogP contribution in [-0.2, 0) is 16.0 Å². The molecule has 1 saturated heterocycles. The Kier molecular flexibility index (Phi) is 3.81. The number of aromatic amines is 1. The van der Waals surface area contributed by atoms with Crippen molar-refractivity contribution in [2.75, 3.05) is 27.0 Å². The van der Waals surface area contributed by atoms with Gasteiger partial charge in [-0.25, -0.2) is 0 Å². The number of benzene rings is 1. The van der Waals surface area contributed by atoms with Crippen molar-refractivity contribution in [3.8, 4) is 11.5 Å². The topological polar surface area (TPSA) is 89.6 Å². The lowest BCUT2D eigenvalue weighted by atomic mass is 10.0. The molecule has 0 bridgehead atoms. The molecule has 0 radical (unpaired) electrons. The average molecular weight is 330 g/mol. The van der Waals surface area contributed by atoms with E-state index in [9.17, 15) is 4.79 Å². The molecule has 0 unspecified atom stereocenters. The summed E-state index contributed by atoms with van der Waals surface area (Å²) in [4.78, 5) is 14.5. The molecule has 1 N–H and O–H groups in total. The molecule has 1 amide bonds. The highest BCUT2D eigenvalue weighted by molar-refractivity contribution is 5.79. The first-order chi connectivity index (χ1) is 11.7. The summed E-state index contributed by atoms with van der Waals surface area (Å²) in [5, 5.41) is 10.6. The van der Waals surface area contributed by atoms with Gasteiger partial charge in [0.2, 0.25) is 12.7 Å². The second-order valence-corrected chi connectivity index (χ2v) is 5.94. The second-order valence-electron chi connectivity index (χ2n) is 5.94. The van der Waals surface area contributed by atoms with E-state index in [0.29, 0.717) is 25.3 Å². The van der Waals surface area contributed by atoms with Crippen molar-refractivity contribution >= 4 is 5.91 Å². The molecule has 1 fully saturated rings. The molecule has 2 atom stereocenters. The second kappa shape index (κ2) is 6.12. The molecule has 8 nitrogen and oxygen atoms in total. The lowest BCUT2D eigenvalue weighted by Crippen LogP contribution is -2.31. The van der Waals surface area contributed by atoms with Crippen LogP contribution in [0.15, 0.2) is 24.4 Å². The van der Waals surface area contributed by atoms with Gasteiger partial charge in [-0.3, -0.25) is 4.79 Å². The Labute approximate surface area is 138 Å². The van der Waals surface area contributed by atoms with Gasteiger partial charge in [0.05, 0.1) is 30.3 Å². The molecule has 0 saturated carbocycles. The molecule has 8 heteroatoms. The fraction of sp³-hybridized carbons (Fsp3) is 0.438. The third-order valence-electron chi connectivity index (χ3n) is 4.53. The highest BCUT2D eigenvalue weighted by atomic mass is 16.7. The number of H-pyrrole nitrogens is 1. The summed E-state index contributed by atoms with van der Waals surface area (Å²) in [6.07, 6.45) is 1.93. The number of ether oxygens (including phenoxy) is 3. The molecular weight excluding hydrogens is 312 g/mol. The van der Waals surface area contributed by atoms with Gasteiger partial charge in [0.1, 0.15) is 0 Å². The zero-order chi connectivity index (χ0) is 16.5. The highest BCUT2D eigenvalue weighted by Crippen LogP contribution is 2.33. The number of amides is 1. The van der Waals surface area contributed by atoms with E-state index in [4.69, 9.17) is 14.2 Å². The summed E-state index contributed by atoms with van der Waals surface area (Å²) in [5.41, 5.74) is 1.73. The Morgan fingerprint density at radius 3 is 3.04 bits per heavy atom. The van der Waals surface area contributed by atoms with Crippen LogP contribution in [0.5, 0.6) is 11.5 Å². The zero-order valence-electron chi connectivity index (χ0n) is 13.3. The minimum atomic E-state index is -0.0733. The maximum atomic E-state index is 12.6. The maximum absolute atomic E-state index is 12.6. The summed E-state index contributed by atoms with van der Waals surface area (Å²) >= 11 is 0. The van der Waals surface area contributed by atoms with E-state index >= 15 is 0 Å². The van der Waals surface area contributed by atoms with Gasteiger partial charge in [-0.2, -0.15) is 15.4 Å². The van der Waals surface area contributed by atoms with Crippen LogP contribution in [0, 0.1) is 0 Å². The van der Waals surface area contributed by atoms with E-state index in [1.807, 2.05) is 23.1 Å². The number of fused-ring (bicyclic) bond motifs is 1. The van der Waals surface area contributed by atoms with Crippen LogP contribution in [0.3, 0.4) is 0 Å². The molecule has 1 aromatic carbocycles. The Morgan fingerprint density at radius 1 is 1.38 bits per heavy atom. The molecule has 126 valence electrons. The molecule has 2 aliphatic rings. The molecule has 2 aromatic rings. The van der Waals surface area contributed by atoms with E-state index in [-0.39, 0.29) is 24.7 Å². The average Bonchev–Trinajstić information content (AvgIpc) is 3.32. The molecule has 4 rings (SSSR count). The van der Waals surface area contributed by atoms with Crippen LogP contribution in [0.2, 0.25) is 0 Å². The van der Waals surface area contributed by atoms with E-state index in [1.165, 1.54) is 0 Å². The number of carbonyl (C=O) groups excluding carboxylic acids is 1. The van der Waals surface area contributed by atoms with Crippen LogP contribution < -0.4 is 9.47 Å². The lowest BCUT2D eigenvalue weighted by molar-refractivity contribution is -0.129. The standard InChI is InChI=1S/C16H18N4O4/c1-22-15-8-20(7-11(15)12-6-17-19-18-12)16(21)5-10-2-3-13-14(4-10)24-9-23-13/h2-4,6,11,15H,5,7-9H2,1H3,(H,17,18,19)/t11-,15+/m0/s1. The molecular formula is C16H18N4O4. The number of likely N-dealkylation sites (tertiary alicyclic amines) is 1. The van der Waals surface area contributed by atoms with Gasteiger partial charge in [0.15, 0.2) is 11.5 Å². The van der Waals surface area contributed by atoms with Crippen LogP contribution in [-0.4, -0.2) is 59.3 Å². The molecule has 3 heterocycles. The maximum Gasteiger partial charge on any atom is 0.231 e. The molecule has 24 heavy (non-hydrogen) atoms. The van der Waals surface area contributed by atoms with Crippen molar-refractivity contribution in [1.29, 1.82) is 0 Å². The first kappa shape index (κ1) is 14.9. The number of carbonyl (C=O) groups is 1. The number of nitrogens with zero attached hydrogens (tertiary/aromatic N) is 3. The SMILES string of the molecule is CO[C@@H]1CN(C(=O)Cc2ccc3c(c2)OCO3)C[C@H]1c1cn[nH]n1. The van der Waals surface area contributed by atoms with Gasteiger partial charge in [-0.15, -0.1) is 0 Å². The lowest BCUT2D eigenvalue weighted by Gasteiger charge is -2.16. The van der Waals surface area contributed by atoms with Gasteiger partial charge in [0.25, 0.3) is 0 Å². The van der Waals surface area contributed by atoms with Crippen LogP contribution >= 0.6 is 0 Å². The minimum absolute atomic E-state index is 0.0365. The van der Waals surface area contributed by atoms with Gasteiger partial charge in [0, 0.05) is 20.2 Å². The Bertz CT molecular complexity index is 734. The number of nitrogens with one attached hydrogen (secondary N) is 1. The largest absolute Gasteiger partial charge is 0.454 e. The van der Waals surface area contributed by atoms with Crippen LogP contribution in [0.4, 0.5) is 0 Å². The fourth-order valence-corrected chi connectivity index (χ4v) is 3.23. The van der Waals surface area contributed by atoms with Crippen molar-refractivity contribution < 1.29 is 19.0 Å². The van der Waals surface area contributed by atoms with Crippen molar-refractivity contribution in [3.05, 3.63) is 35.7 Å². The summed E-state index contributed by atoms with van der Waals surface area (Å²) in [6.45, 7) is 1.36. The molecule has 0 spiro atoms. The Morgan fingerprint density at radius 2 is 2.25 bits per heavy atom. The number of methoxy groups -OCH3 is 1. The summed E-state index contributed by atoms with van der Waals surface area (Å²) in [5.74, 6) is 1.51. The van der Waals surface area contributed by atoms with Gasteiger partial charge in [-0.1, -0.05) is 6.07 Å². The summed E-state index contributed by atoms with van der Waals surface area (Å²) < 4.78 is 16.2. The van der Waals surface area contributed by atoms with Crippen molar-refractivity contribution in [2.45, 2.75) is 18.4 Å². The zero-order valence-corrected chi connectivity index (χ0v) is 13.3.